The predicted octanol–water partition coefficient (Wildman–Crippen LogP) is 5.32. The van der Waals surface area contributed by atoms with E-state index in [1.807, 2.05) is 6.07 Å². The number of rotatable bonds is 9. The van der Waals surface area contributed by atoms with Gasteiger partial charge in [0.05, 0.1) is 14.2 Å². The summed E-state index contributed by atoms with van der Waals surface area (Å²) in [5, 5.41) is 0. The van der Waals surface area contributed by atoms with Crippen molar-refractivity contribution in [2.75, 3.05) is 33.9 Å². The molecule has 0 amide bonds. The second-order valence-electron chi connectivity index (χ2n) is 8.14. The van der Waals surface area contributed by atoms with Crippen LogP contribution in [-0.4, -0.2) is 44.5 Å². The first-order chi connectivity index (χ1) is 14.5. The summed E-state index contributed by atoms with van der Waals surface area (Å²) >= 11 is 0. The fourth-order valence-electron chi connectivity index (χ4n) is 4.22. The summed E-state index contributed by atoms with van der Waals surface area (Å²) in [7, 11) is 3.31. The van der Waals surface area contributed by atoms with E-state index in [1.54, 1.807) is 26.4 Å². The molecule has 0 radical (unpaired) electrons. The van der Waals surface area contributed by atoms with Gasteiger partial charge in [-0.25, -0.2) is 4.39 Å². The van der Waals surface area contributed by atoms with Crippen molar-refractivity contribution in [3.8, 4) is 11.5 Å². The van der Waals surface area contributed by atoms with Crippen molar-refractivity contribution in [1.82, 2.24) is 4.90 Å². The van der Waals surface area contributed by atoms with E-state index < -0.39 is 0 Å². The maximum atomic E-state index is 13.1. The molecule has 0 saturated carbocycles. The zero-order chi connectivity index (χ0) is 21.5. The number of carbonyl (C=O) groups excluding carboxylic acids is 1. The molecule has 5 heteroatoms. The SMILES string of the molecule is COc1ccc(C(C)CCCN2CCC(C(=O)c3ccc(F)cc3)CC2)cc1OC. The molecule has 0 spiro atoms. The number of halogens is 1. The summed E-state index contributed by atoms with van der Waals surface area (Å²) in [5.41, 5.74) is 1.88. The van der Waals surface area contributed by atoms with E-state index in [0.29, 0.717) is 11.5 Å². The molecule has 0 bridgehead atoms. The molecule has 2 aromatic rings. The zero-order valence-electron chi connectivity index (χ0n) is 18.2. The number of methoxy groups -OCH3 is 2. The van der Waals surface area contributed by atoms with Crippen molar-refractivity contribution in [2.24, 2.45) is 5.92 Å². The highest BCUT2D eigenvalue weighted by Gasteiger charge is 2.25. The van der Waals surface area contributed by atoms with E-state index >= 15 is 0 Å². The standard InChI is InChI=1S/C25H32FNO3/c1-18(21-8-11-23(29-2)24(17-21)30-3)5-4-14-27-15-12-20(13-16-27)25(28)19-6-9-22(26)10-7-19/h6-11,17-18,20H,4-5,12-16H2,1-3H3. The molecule has 30 heavy (non-hydrogen) atoms. The Morgan fingerprint density at radius 1 is 1.07 bits per heavy atom. The van der Waals surface area contributed by atoms with Crippen LogP contribution in [0.25, 0.3) is 0 Å². The van der Waals surface area contributed by atoms with Crippen LogP contribution in [0.2, 0.25) is 0 Å². The van der Waals surface area contributed by atoms with E-state index in [2.05, 4.69) is 24.0 Å². The van der Waals surface area contributed by atoms with E-state index in [-0.39, 0.29) is 17.5 Å². The van der Waals surface area contributed by atoms with Crippen LogP contribution in [0.15, 0.2) is 42.5 Å². The number of ether oxygens (including phenoxy) is 2. The van der Waals surface area contributed by atoms with Crippen molar-refractivity contribution >= 4 is 5.78 Å². The molecule has 1 fully saturated rings. The van der Waals surface area contributed by atoms with Crippen molar-refractivity contribution in [3.05, 3.63) is 59.4 Å². The lowest BCUT2D eigenvalue weighted by Gasteiger charge is -2.31. The molecule has 1 atom stereocenters. The fourth-order valence-corrected chi connectivity index (χ4v) is 4.22. The van der Waals surface area contributed by atoms with Crippen molar-refractivity contribution < 1.29 is 18.7 Å². The lowest BCUT2D eigenvalue weighted by molar-refractivity contribution is 0.0838. The van der Waals surface area contributed by atoms with Crippen LogP contribution < -0.4 is 9.47 Å². The fraction of sp³-hybridized carbons (Fsp3) is 0.480. The largest absolute Gasteiger partial charge is 0.493 e. The van der Waals surface area contributed by atoms with Crippen LogP contribution >= 0.6 is 0 Å². The molecular weight excluding hydrogens is 381 g/mol. The van der Waals surface area contributed by atoms with E-state index in [4.69, 9.17) is 9.47 Å². The highest BCUT2D eigenvalue weighted by atomic mass is 19.1. The van der Waals surface area contributed by atoms with E-state index in [0.717, 1.165) is 56.8 Å². The Morgan fingerprint density at radius 2 is 1.73 bits per heavy atom. The first-order valence-corrected chi connectivity index (χ1v) is 10.8. The van der Waals surface area contributed by atoms with Crippen LogP contribution in [0.1, 0.15) is 54.4 Å². The Balaban J connectivity index is 1.42. The van der Waals surface area contributed by atoms with Crippen LogP contribution in [0.5, 0.6) is 11.5 Å². The number of carbonyl (C=O) groups is 1. The molecule has 2 aromatic carbocycles. The molecule has 0 N–H and O–H groups in total. The molecule has 1 saturated heterocycles. The van der Waals surface area contributed by atoms with Gasteiger partial charge < -0.3 is 14.4 Å². The Kier molecular flexibility index (Phi) is 7.86. The van der Waals surface area contributed by atoms with E-state index in [1.165, 1.54) is 17.7 Å². The van der Waals surface area contributed by atoms with Crippen LogP contribution in [0.3, 0.4) is 0 Å². The minimum atomic E-state index is -0.302. The summed E-state index contributed by atoms with van der Waals surface area (Å²) in [6, 6.07) is 12.1. The van der Waals surface area contributed by atoms with Crippen LogP contribution in [0, 0.1) is 11.7 Å². The molecule has 1 aliphatic heterocycles. The topological polar surface area (TPSA) is 38.8 Å². The van der Waals surface area contributed by atoms with Gasteiger partial charge in [-0.2, -0.15) is 0 Å². The number of benzene rings is 2. The maximum absolute atomic E-state index is 13.1. The summed E-state index contributed by atoms with van der Waals surface area (Å²) < 4.78 is 23.8. The minimum absolute atomic E-state index is 0.0531. The van der Waals surface area contributed by atoms with Gasteiger partial charge in [-0.1, -0.05) is 13.0 Å². The van der Waals surface area contributed by atoms with Gasteiger partial charge in [0, 0.05) is 11.5 Å². The second kappa shape index (κ2) is 10.6. The Morgan fingerprint density at radius 3 is 2.37 bits per heavy atom. The molecular formula is C25H32FNO3. The molecule has 0 aliphatic carbocycles. The third-order valence-corrected chi connectivity index (χ3v) is 6.18. The van der Waals surface area contributed by atoms with E-state index in [9.17, 15) is 9.18 Å². The van der Waals surface area contributed by atoms with Crippen molar-refractivity contribution in [3.63, 3.8) is 0 Å². The summed E-state index contributed by atoms with van der Waals surface area (Å²) in [6.45, 7) is 5.19. The van der Waals surface area contributed by atoms with Gasteiger partial charge >= 0.3 is 0 Å². The van der Waals surface area contributed by atoms with Gasteiger partial charge in [-0.15, -0.1) is 0 Å². The molecule has 1 unspecified atom stereocenters. The molecule has 0 aromatic heterocycles. The highest BCUT2D eigenvalue weighted by molar-refractivity contribution is 5.97. The molecule has 1 aliphatic rings. The van der Waals surface area contributed by atoms with Crippen molar-refractivity contribution in [2.45, 2.75) is 38.5 Å². The summed E-state index contributed by atoms with van der Waals surface area (Å²) in [6.07, 6.45) is 3.97. The lowest BCUT2D eigenvalue weighted by atomic mass is 9.88. The Bertz CT molecular complexity index is 829. The molecule has 162 valence electrons. The van der Waals surface area contributed by atoms with Crippen LogP contribution in [0.4, 0.5) is 4.39 Å². The average molecular weight is 414 g/mol. The Labute approximate surface area is 179 Å². The number of piperidine rings is 1. The number of hydrogen-bond donors (Lipinski definition) is 0. The first kappa shape index (κ1) is 22.3. The van der Waals surface area contributed by atoms with Crippen molar-refractivity contribution in [1.29, 1.82) is 0 Å². The van der Waals surface area contributed by atoms with Gasteiger partial charge in [0.2, 0.25) is 0 Å². The zero-order valence-corrected chi connectivity index (χ0v) is 18.2. The minimum Gasteiger partial charge on any atom is -0.493 e. The lowest BCUT2D eigenvalue weighted by Crippen LogP contribution is -2.37. The molecule has 1 heterocycles. The van der Waals surface area contributed by atoms with Gasteiger partial charge in [0.25, 0.3) is 0 Å². The normalized spacial score (nSPS) is 16.3. The predicted molar refractivity (Wildman–Crippen MR) is 117 cm³/mol. The second-order valence-corrected chi connectivity index (χ2v) is 8.14. The van der Waals surface area contributed by atoms with Gasteiger partial charge in [-0.3, -0.25) is 4.79 Å². The third kappa shape index (κ3) is 5.60. The first-order valence-electron chi connectivity index (χ1n) is 10.8. The molecule has 4 nitrogen and oxygen atoms in total. The summed E-state index contributed by atoms with van der Waals surface area (Å²) in [4.78, 5) is 15.1. The molecule has 3 rings (SSSR count). The number of Topliss-reactive ketones (excluding diaryl/α,β-unsaturated/α-hetero) is 1. The summed E-state index contributed by atoms with van der Waals surface area (Å²) in [5.74, 6) is 1.88. The third-order valence-electron chi connectivity index (χ3n) is 6.18. The number of likely N-dealkylation sites (tertiary alicyclic amines) is 1. The number of ketones is 1. The quantitative estimate of drug-likeness (QED) is 0.522. The number of hydrogen-bond acceptors (Lipinski definition) is 4. The smallest absolute Gasteiger partial charge is 0.166 e. The van der Waals surface area contributed by atoms with Gasteiger partial charge in [0.15, 0.2) is 17.3 Å². The Hall–Kier alpha value is -2.40. The average Bonchev–Trinajstić information content (AvgIpc) is 2.79. The number of nitrogens with zero attached hydrogens (tertiary/aromatic N) is 1. The van der Waals surface area contributed by atoms with Crippen LogP contribution in [-0.2, 0) is 0 Å². The monoisotopic (exact) mass is 413 g/mol. The van der Waals surface area contributed by atoms with Gasteiger partial charge in [-0.05, 0) is 93.2 Å². The van der Waals surface area contributed by atoms with Gasteiger partial charge in [0.1, 0.15) is 5.82 Å². The maximum Gasteiger partial charge on any atom is 0.166 e. The highest BCUT2D eigenvalue weighted by Crippen LogP contribution is 2.32.